The number of carbonyl (C=O) groups is 2. The van der Waals surface area contributed by atoms with E-state index >= 15 is 0 Å². The molecule has 1 amide bonds. The van der Waals surface area contributed by atoms with Crippen molar-refractivity contribution in [3.8, 4) is 0 Å². The van der Waals surface area contributed by atoms with E-state index in [0.29, 0.717) is 18.5 Å². The summed E-state index contributed by atoms with van der Waals surface area (Å²) in [6, 6.07) is 15.7. The lowest BCUT2D eigenvalue weighted by Crippen LogP contribution is -2.31. The van der Waals surface area contributed by atoms with Crippen LogP contribution >= 0.6 is 15.9 Å². The minimum atomic E-state index is -0.638. The minimum absolute atomic E-state index is 0.0581. The van der Waals surface area contributed by atoms with Crippen LogP contribution in [-0.4, -0.2) is 28.2 Å². The van der Waals surface area contributed by atoms with Gasteiger partial charge in [0.25, 0.3) is 5.91 Å². The van der Waals surface area contributed by atoms with Gasteiger partial charge in [0.1, 0.15) is 5.58 Å². The topological polar surface area (TPSA) is 70.8 Å². The molecule has 0 saturated heterocycles. The molecule has 1 atom stereocenters. The molecule has 0 fully saturated rings. The van der Waals surface area contributed by atoms with Crippen LogP contribution in [0.2, 0.25) is 0 Å². The largest absolute Gasteiger partial charge is 0.503 e. The fraction of sp³-hybridized carbons (Fsp3) is 0.182. The lowest BCUT2D eigenvalue weighted by Gasteiger charge is -2.26. The number of benzene rings is 2. The van der Waals surface area contributed by atoms with E-state index in [2.05, 4.69) is 15.9 Å². The van der Waals surface area contributed by atoms with Gasteiger partial charge >= 0.3 is 0 Å². The van der Waals surface area contributed by atoms with E-state index in [4.69, 9.17) is 4.42 Å². The van der Waals surface area contributed by atoms with E-state index in [9.17, 15) is 14.7 Å². The molecule has 6 heteroatoms. The second-order valence-corrected chi connectivity index (χ2v) is 7.61. The highest BCUT2D eigenvalue weighted by Gasteiger charge is 2.44. The number of rotatable bonds is 5. The standard InChI is InChI=1S/C22H18BrNO4/c1-2-10-24-19(13-6-4-3-5-7-13)18(21(26)22(24)27)20(25)17-12-14-11-15(23)8-9-16(14)28-17/h3-9,11-12,19,26H,2,10H2,1H3. The first kappa shape index (κ1) is 18.5. The van der Waals surface area contributed by atoms with Crippen molar-refractivity contribution in [3.63, 3.8) is 0 Å². The molecule has 1 aliphatic rings. The minimum Gasteiger partial charge on any atom is -0.503 e. The molecule has 1 aromatic heterocycles. The maximum Gasteiger partial charge on any atom is 0.290 e. The summed E-state index contributed by atoms with van der Waals surface area (Å²) in [7, 11) is 0. The number of halogens is 1. The maximum atomic E-state index is 13.3. The Morgan fingerprint density at radius 1 is 1.18 bits per heavy atom. The van der Waals surface area contributed by atoms with Crippen molar-refractivity contribution in [2.75, 3.05) is 6.54 Å². The number of aliphatic hydroxyl groups is 1. The second kappa shape index (κ2) is 7.28. The van der Waals surface area contributed by atoms with Crippen molar-refractivity contribution in [2.24, 2.45) is 0 Å². The van der Waals surface area contributed by atoms with Gasteiger partial charge in [0.15, 0.2) is 11.5 Å². The fourth-order valence-corrected chi connectivity index (χ4v) is 3.98. The summed E-state index contributed by atoms with van der Waals surface area (Å²) in [5.74, 6) is -1.42. The predicted octanol–water partition coefficient (Wildman–Crippen LogP) is 5.18. The van der Waals surface area contributed by atoms with Gasteiger partial charge in [-0.25, -0.2) is 0 Å². The van der Waals surface area contributed by atoms with E-state index in [1.165, 1.54) is 4.90 Å². The number of Topliss-reactive ketones (excluding diaryl/α,β-unsaturated/α-hetero) is 1. The van der Waals surface area contributed by atoms with Crippen molar-refractivity contribution >= 4 is 38.6 Å². The SMILES string of the molecule is CCCN1C(=O)C(O)=C(C(=O)c2cc3cc(Br)ccc3o2)C1c1ccccc1. The summed E-state index contributed by atoms with van der Waals surface area (Å²) in [4.78, 5) is 27.5. The summed E-state index contributed by atoms with van der Waals surface area (Å²) in [6.45, 7) is 2.38. The predicted molar refractivity (Wildman–Crippen MR) is 109 cm³/mol. The zero-order valence-corrected chi connectivity index (χ0v) is 16.8. The first-order valence-corrected chi connectivity index (χ1v) is 9.83. The Labute approximate surface area is 170 Å². The number of ketones is 1. The molecule has 28 heavy (non-hydrogen) atoms. The van der Waals surface area contributed by atoms with Gasteiger partial charge in [-0.1, -0.05) is 53.2 Å². The Morgan fingerprint density at radius 3 is 2.64 bits per heavy atom. The van der Waals surface area contributed by atoms with Crippen molar-refractivity contribution in [1.82, 2.24) is 4.90 Å². The number of hydrogen-bond acceptors (Lipinski definition) is 4. The number of nitrogens with zero attached hydrogens (tertiary/aromatic N) is 1. The Bertz CT molecular complexity index is 1100. The molecule has 2 aromatic carbocycles. The lowest BCUT2D eigenvalue weighted by molar-refractivity contribution is -0.129. The highest BCUT2D eigenvalue weighted by Crippen LogP contribution is 2.39. The Kier molecular flexibility index (Phi) is 4.81. The van der Waals surface area contributed by atoms with Gasteiger partial charge in [-0.05, 0) is 36.2 Å². The van der Waals surface area contributed by atoms with Gasteiger partial charge in [0.2, 0.25) is 5.78 Å². The highest BCUT2D eigenvalue weighted by atomic mass is 79.9. The zero-order chi connectivity index (χ0) is 19.8. The van der Waals surface area contributed by atoms with E-state index in [1.807, 2.05) is 49.4 Å². The van der Waals surface area contributed by atoms with Crippen LogP contribution in [0.4, 0.5) is 0 Å². The third kappa shape index (κ3) is 3.03. The van der Waals surface area contributed by atoms with Crippen LogP contribution in [0.15, 0.2) is 74.8 Å². The number of amides is 1. The summed E-state index contributed by atoms with van der Waals surface area (Å²) in [5.41, 5.74) is 1.40. The summed E-state index contributed by atoms with van der Waals surface area (Å²) in [6.07, 6.45) is 0.711. The fourth-order valence-electron chi connectivity index (χ4n) is 3.60. The van der Waals surface area contributed by atoms with E-state index < -0.39 is 23.5 Å². The molecule has 0 saturated carbocycles. The van der Waals surface area contributed by atoms with Crippen molar-refractivity contribution in [1.29, 1.82) is 0 Å². The van der Waals surface area contributed by atoms with Crippen LogP contribution in [0.5, 0.6) is 0 Å². The van der Waals surface area contributed by atoms with Crippen LogP contribution in [0, 0.1) is 0 Å². The van der Waals surface area contributed by atoms with Crippen molar-refractivity contribution < 1.29 is 19.1 Å². The highest BCUT2D eigenvalue weighted by molar-refractivity contribution is 9.10. The van der Waals surface area contributed by atoms with Crippen LogP contribution in [0.25, 0.3) is 11.0 Å². The van der Waals surface area contributed by atoms with Gasteiger partial charge in [-0.3, -0.25) is 9.59 Å². The summed E-state index contributed by atoms with van der Waals surface area (Å²) in [5, 5.41) is 11.3. The Balaban J connectivity index is 1.81. The molecule has 142 valence electrons. The molecule has 1 N–H and O–H groups in total. The van der Waals surface area contributed by atoms with Gasteiger partial charge in [0, 0.05) is 16.4 Å². The number of hydrogen-bond donors (Lipinski definition) is 1. The summed E-state index contributed by atoms with van der Waals surface area (Å²) < 4.78 is 6.58. The quantitative estimate of drug-likeness (QED) is 0.555. The monoisotopic (exact) mass is 439 g/mol. The Morgan fingerprint density at radius 2 is 1.93 bits per heavy atom. The normalized spacial score (nSPS) is 17.0. The van der Waals surface area contributed by atoms with Crippen LogP contribution < -0.4 is 0 Å². The molecule has 1 unspecified atom stereocenters. The average Bonchev–Trinajstić information content (AvgIpc) is 3.22. The number of fused-ring (bicyclic) bond motifs is 1. The number of aliphatic hydroxyl groups excluding tert-OH is 1. The smallest absolute Gasteiger partial charge is 0.290 e. The molecule has 0 aliphatic carbocycles. The van der Waals surface area contributed by atoms with Gasteiger partial charge in [-0.2, -0.15) is 0 Å². The number of carbonyl (C=O) groups excluding carboxylic acids is 2. The van der Waals surface area contributed by atoms with Crippen molar-refractivity contribution in [2.45, 2.75) is 19.4 Å². The second-order valence-electron chi connectivity index (χ2n) is 6.70. The van der Waals surface area contributed by atoms with Crippen LogP contribution in [0.1, 0.15) is 35.5 Å². The first-order chi connectivity index (χ1) is 13.5. The molecule has 4 rings (SSSR count). The molecule has 0 bridgehead atoms. The molecule has 1 aliphatic heterocycles. The molecule has 2 heterocycles. The molecule has 3 aromatic rings. The number of furan rings is 1. The molecular formula is C22H18BrNO4. The van der Waals surface area contributed by atoms with E-state index in [-0.39, 0.29) is 11.3 Å². The lowest BCUT2D eigenvalue weighted by atomic mass is 9.95. The zero-order valence-electron chi connectivity index (χ0n) is 15.2. The maximum absolute atomic E-state index is 13.3. The molecule has 0 spiro atoms. The first-order valence-electron chi connectivity index (χ1n) is 9.04. The van der Waals surface area contributed by atoms with Crippen LogP contribution in [-0.2, 0) is 4.79 Å². The van der Waals surface area contributed by atoms with E-state index in [0.717, 1.165) is 15.4 Å². The summed E-state index contributed by atoms with van der Waals surface area (Å²) >= 11 is 3.40. The average molecular weight is 440 g/mol. The van der Waals surface area contributed by atoms with Gasteiger partial charge < -0.3 is 14.4 Å². The van der Waals surface area contributed by atoms with Crippen molar-refractivity contribution in [3.05, 3.63) is 81.7 Å². The Hall–Kier alpha value is -2.86. The third-order valence-corrected chi connectivity index (χ3v) is 5.32. The third-order valence-electron chi connectivity index (χ3n) is 4.83. The molecule has 0 radical (unpaired) electrons. The molecular weight excluding hydrogens is 422 g/mol. The van der Waals surface area contributed by atoms with Crippen LogP contribution in [0.3, 0.4) is 0 Å². The van der Waals surface area contributed by atoms with Gasteiger partial charge in [-0.15, -0.1) is 0 Å². The molecule has 5 nitrogen and oxygen atoms in total. The van der Waals surface area contributed by atoms with Gasteiger partial charge in [0.05, 0.1) is 11.6 Å². The van der Waals surface area contributed by atoms with E-state index in [1.54, 1.807) is 12.1 Å².